The van der Waals surface area contributed by atoms with Crippen LogP contribution in [0.5, 0.6) is 0 Å². The van der Waals surface area contributed by atoms with Gasteiger partial charge in [-0.05, 0) is 72.9 Å². The fourth-order valence-corrected chi connectivity index (χ4v) is 2.64. The smallest absolute Gasteiger partial charge is 0.258 e. The Labute approximate surface area is 152 Å². The monoisotopic (exact) mass is 446 g/mol. The number of anilines is 1. The normalized spacial score (nSPS) is 10.2. The molecule has 2 N–H and O–H groups in total. The van der Waals surface area contributed by atoms with E-state index in [0.29, 0.717) is 16.5 Å². The number of aromatic nitrogens is 2. The summed E-state index contributed by atoms with van der Waals surface area (Å²) in [7, 11) is 0. The van der Waals surface area contributed by atoms with Crippen molar-refractivity contribution in [2.45, 2.75) is 13.8 Å². The van der Waals surface area contributed by atoms with Crippen molar-refractivity contribution in [3.05, 3.63) is 49.8 Å². The molecule has 5 nitrogen and oxygen atoms in total. The molecule has 0 unspecified atom stereocenters. The molecule has 0 spiro atoms. The van der Waals surface area contributed by atoms with Gasteiger partial charge in [0.1, 0.15) is 0 Å². The lowest BCUT2D eigenvalue weighted by Crippen LogP contribution is -2.34. The van der Waals surface area contributed by atoms with Crippen LogP contribution in [0, 0.1) is 17.4 Å². The average molecular weight is 447 g/mol. The van der Waals surface area contributed by atoms with Crippen LogP contribution >= 0.6 is 46.4 Å². The first-order valence-corrected chi connectivity index (χ1v) is 8.11. The molecule has 114 valence electrons. The number of carbonyl (C=O) groups is 1. The molecule has 2 rings (SSSR count). The zero-order valence-corrected chi connectivity index (χ0v) is 15.5. The highest BCUT2D eigenvalue weighted by Gasteiger charge is 2.13. The largest absolute Gasteiger partial charge is 0.301 e. The Hall–Kier alpha value is -1.32. The standard InChI is InChI=1S/C14H12ClIN4OS/c1-7-5-8(2)18-13(17-7)20-14(22)19-12(21)10-6-9(16)3-4-11(10)15/h3-6H,1-2H3,(H2,17,18,19,20,21,22). The maximum atomic E-state index is 12.2. The third-order valence-electron chi connectivity index (χ3n) is 2.61. The second kappa shape index (κ2) is 7.30. The lowest BCUT2D eigenvalue weighted by molar-refractivity contribution is 0.0978. The number of nitrogens with one attached hydrogen (secondary N) is 2. The number of thiocarbonyl (C=S) groups is 1. The first-order chi connectivity index (χ1) is 10.3. The molecule has 1 amide bonds. The van der Waals surface area contributed by atoms with Crippen LogP contribution in [0.25, 0.3) is 0 Å². The van der Waals surface area contributed by atoms with Gasteiger partial charge >= 0.3 is 0 Å². The van der Waals surface area contributed by atoms with Gasteiger partial charge in [-0.15, -0.1) is 0 Å². The van der Waals surface area contributed by atoms with Crippen LogP contribution in [0.4, 0.5) is 5.95 Å². The third kappa shape index (κ3) is 4.59. The summed E-state index contributed by atoms with van der Waals surface area (Å²) in [6.45, 7) is 3.71. The first kappa shape index (κ1) is 17.0. The molecule has 1 aromatic carbocycles. The van der Waals surface area contributed by atoms with Crippen LogP contribution in [-0.2, 0) is 0 Å². The molecule has 0 aliphatic carbocycles. The number of rotatable bonds is 2. The summed E-state index contributed by atoms with van der Waals surface area (Å²) in [4.78, 5) is 20.6. The molecule has 0 fully saturated rings. The summed E-state index contributed by atoms with van der Waals surface area (Å²) in [5, 5.41) is 5.84. The van der Waals surface area contributed by atoms with Gasteiger partial charge in [-0.2, -0.15) is 0 Å². The van der Waals surface area contributed by atoms with Crippen molar-refractivity contribution in [1.82, 2.24) is 15.3 Å². The van der Waals surface area contributed by atoms with Crippen molar-refractivity contribution in [1.29, 1.82) is 0 Å². The second-order valence-electron chi connectivity index (χ2n) is 4.51. The van der Waals surface area contributed by atoms with E-state index >= 15 is 0 Å². The summed E-state index contributed by atoms with van der Waals surface area (Å²) >= 11 is 13.2. The van der Waals surface area contributed by atoms with Crippen molar-refractivity contribution in [3.8, 4) is 0 Å². The van der Waals surface area contributed by atoms with Gasteiger partial charge in [0.25, 0.3) is 5.91 Å². The van der Waals surface area contributed by atoms with E-state index in [-0.39, 0.29) is 11.0 Å². The van der Waals surface area contributed by atoms with Crippen molar-refractivity contribution in [3.63, 3.8) is 0 Å². The van der Waals surface area contributed by atoms with Gasteiger partial charge < -0.3 is 5.32 Å². The van der Waals surface area contributed by atoms with Crippen LogP contribution in [0.2, 0.25) is 5.02 Å². The lowest BCUT2D eigenvalue weighted by atomic mass is 10.2. The second-order valence-corrected chi connectivity index (χ2v) is 6.57. The van der Waals surface area contributed by atoms with E-state index in [4.69, 9.17) is 23.8 Å². The van der Waals surface area contributed by atoms with E-state index in [1.54, 1.807) is 12.1 Å². The quantitative estimate of drug-likeness (QED) is 0.546. The van der Waals surface area contributed by atoms with Crippen molar-refractivity contribution >= 4 is 63.4 Å². The van der Waals surface area contributed by atoms with Gasteiger partial charge in [-0.1, -0.05) is 11.6 Å². The highest BCUT2D eigenvalue weighted by molar-refractivity contribution is 14.1. The van der Waals surface area contributed by atoms with Crippen molar-refractivity contribution in [2.75, 3.05) is 5.32 Å². The molecule has 0 saturated carbocycles. The molecular formula is C14H12ClIN4OS. The summed E-state index contributed by atoms with van der Waals surface area (Å²) in [5.41, 5.74) is 1.98. The van der Waals surface area contributed by atoms with E-state index in [9.17, 15) is 4.79 Å². The summed E-state index contributed by atoms with van der Waals surface area (Å²) in [5.74, 6) is -0.0399. The third-order valence-corrected chi connectivity index (χ3v) is 3.81. The van der Waals surface area contributed by atoms with Crippen LogP contribution in [-0.4, -0.2) is 21.0 Å². The number of carbonyl (C=O) groups excluding carboxylic acids is 1. The van der Waals surface area contributed by atoms with Gasteiger partial charge in [0.15, 0.2) is 5.11 Å². The number of aryl methyl sites for hydroxylation is 2. The fourth-order valence-electron chi connectivity index (χ4n) is 1.76. The van der Waals surface area contributed by atoms with Crippen molar-refractivity contribution in [2.24, 2.45) is 0 Å². The molecule has 0 radical (unpaired) electrons. The van der Waals surface area contributed by atoms with Gasteiger partial charge in [0.05, 0.1) is 10.6 Å². The van der Waals surface area contributed by atoms with E-state index in [1.165, 1.54) is 0 Å². The van der Waals surface area contributed by atoms with E-state index in [0.717, 1.165) is 15.0 Å². The van der Waals surface area contributed by atoms with Gasteiger partial charge in [-0.3, -0.25) is 10.1 Å². The number of nitrogens with zero attached hydrogens (tertiary/aromatic N) is 2. The Morgan fingerprint density at radius 2 is 1.86 bits per heavy atom. The highest BCUT2D eigenvalue weighted by Crippen LogP contribution is 2.18. The summed E-state index contributed by atoms with van der Waals surface area (Å²) < 4.78 is 0.906. The van der Waals surface area contributed by atoms with Crippen LogP contribution in [0.3, 0.4) is 0 Å². The Balaban J connectivity index is 2.08. The number of hydrogen-bond donors (Lipinski definition) is 2. The molecule has 0 atom stereocenters. The molecule has 0 saturated heterocycles. The molecular weight excluding hydrogens is 435 g/mol. The van der Waals surface area contributed by atoms with E-state index in [1.807, 2.05) is 26.0 Å². The van der Waals surface area contributed by atoms with Gasteiger partial charge in [0.2, 0.25) is 5.95 Å². The molecule has 0 bridgehead atoms. The van der Waals surface area contributed by atoms with Gasteiger partial charge in [-0.25, -0.2) is 9.97 Å². The van der Waals surface area contributed by atoms with E-state index < -0.39 is 0 Å². The van der Waals surface area contributed by atoms with Crippen molar-refractivity contribution < 1.29 is 4.79 Å². The molecule has 1 heterocycles. The predicted molar refractivity (Wildman–Crippen MR) is 99.4 cm³/mol. The van der Waals surface area contributed by atoms with E-state index in [2.05, 4.69) is 43.2 Å². The Bertz CT molecular complexity index is 733. The zero-order valence-electron chi connectivity index (χ0n) is 11.8. The maximum Gasteiger partial charge on any atom is 0.258 e. The topological polar surface area (TPSA) is 66.9 Å². The summed E-state index contributed by atoms with van der Waals surface area (Å²) in [6.07, 6.45) is 0. The Morgan fingerprint density at radius 3 is 2.50 bits per heavy atom. The minimum absolute atomic E-state index is 0.116. The minimum atomic E-state index is -0.384. The molecule has 22 heavy (non-hydrogen) atoms. The molecule has 1 aromatic heterocycles. The maximum absolute atomic E-state index is 12.2. The Morgan fingerprint density at radius 1 is 1.23 bits per heavy atom. The lowest BCUT2D eigenvalue weighted by Gasteiger charge is -2.10. The molecule has 0 aliphatic rings. The van der Waals surface area contributed by atoms with Crippen LogP contribution < -0.4 is 10.6 Å². The zero-order chi connectivity index (χ0) is 16.3. The molecule has 2 aromatic rings. The minimum Gasteiger partial charge on any atom is -0.301 e. The fraction of sp³-hybridized carbons (Fsp3) is 0.143. The molecule has 8 heteroatoms. The predicted octanol–water partition coefficient (Wildman–Crippen LogP) is 3.48. The number of benzene rings is 1. The average Bonchev–Trinajstić information content (AvgIpc) is 2.39. The molecule has 0 aliphatic heterocycles. The van der Waals surface area contributed by atoms with Crippen LogP contribution in [0.1, 0.15) is 21.7 Å². The SMILES string of the molecule is Cc1cc(C)nc(NC(=S)NC(=O)c2cc(I)ccc2Cl)n1. The number of halogens is 2. The Kier molecular flexibility index (Phi) is 5.65. The highest BCUT2D eigenvalue weighted by atomic mass is 127. The number of amides is 1. The number of hydrogen-bond acceptors (Lipinski definition) is 4. The van der Waals surface area contributed by atoms with Crippen LogP contribution in [0.15, 0.2) is 24.3 Å². The van der Waals surface area contributed by atoms with Gasteiger partial charge in [0, 0.05) is 15.0 Å². The first-order valence-electron chi connectivity index (χ1n) is 6.25. The summed E-state index contributed by atoms with van der Waals surface area (Å²) in [6, 6.07) is 7.02.